The Morgan fingerprint density at radius 3 is 2.96 bits per heavy atom. The predicted octanol–water partition coefficient (Wildman–Crippen LogP) is 2.43. The van der Waals surface area contributed by atoms with Gasteiger partial charge in [0.05, 0.1) is 18.6 Å². The zero-order valence-electron chi connectivity index (χ0n) is 13.5. The molecule has 2 atom stereocenters. The van der Waals surface area contributed by atoms with Crippen LogP contribution in [-0.2, 0) is 14.3 Å². The molecule has 5 nitrogen and oxygen atoms in total. The van der Waals surface area contributed by atoms with Gasteiger partial charge < -0.3 is 10.1 Å². The molecule has 1 fully saturated rings. The lowest BCUT2D eigenvalue weighted by atomic mass is 9.97. The van der Waals surface area contributed by atoms with Crippen LogP contribution in [0.15, 0.2) is 24.3 Å². The summed E-state index contributed by atoms with van der Waals surface area (Å²) in [5.74, 6) is -0.987. The zero-order chi connectivity index (χ0) is 16.8. The Kier molecular flexibility index (Phi) is 6.10. The Balaban J connectivity index is 1.94. The summed E-state index contributed by atoms with van der Waals surface area (Å²) in [6, 6.07) is 5.41. The molecule has 1 N–H and O–H groups in total. The highest BCUT2D eigenvalue weighted by molar-refractivity contribution is 5.94. The smallest absolute Gasteiger partial charge is 0.310 e. The van der Waals surface area contributed by atoms with Gasteiger partial charge >= 0.3 is 5.97 Å². The van der Waals surface area contributed by atoms with Crippen LogP contribution in [0.3, 0.4) is 0 Å². The molecule has 0 spiro atoms. The van der Waals surface area contributed by atoms with Gasteiger partial charge in [-0.05, 0) is 51.4 Å². The molecule has 1 aliphatic heterocycles. The molecular weight excluding hydrogens is 299 g/mol. The Hall–Kier alpha value is -1.95. The van der Waals surface area contributed by atoms with Crippen LogP contribution in [0, 0.1) is 11.7 Å². The van der Waals surface area contributed by atoms with Gasteiger partial charge in [-0.25, -0.2) is 4.39 Å². The highest BCUT2D eigenvalue weighted by Crippen LogP contribution is 2.20. The molecule has 0 radical (unpaired) electrons. The fourth-order valence-corrected chi connectivity index (χ4v) is 2.79. The molecule has 0 aliphatic carbocycles. The number of nitrogens with zero attached hydrogens (tertiary/aromatic N) is 1. The van der Waals surface area contributed by atoms with Gasteiger partial charge in [-0.1, -0.05) is 6.07 Å². The lowest BCUT2D eigenvalue weighted by Crippen LogP contribution is -2.48. The summed E-state index contributed by atoms with van der Waals surface area (Å²) < 4.78 is 18.2. The van der Waals surface area contributed by atoms with E-state index in [1.54, 1.807) is 26.0 Å². The summed E-state index contributed by atoms with van der Waals surface area (Å²) in [4.78, 5) is 26.2. The predicted molar refractivity (Wildman–Crippen MR) is 85.4 cm³/mol. The van der Waals surface area contributed by atoms with E-state index in [0.717, 1.165) is 19.4 Å². The van der Waals surface area contributed by atoms with Crippen molar-refractivity contribution < 1.29 is 18.7 Å². The van der Waals surface area contributed by atoms with Gasteiger partial charge in [-0.3, -0.25) is 14.5 Å². The average molecular weight is 322 g/mol. The number of amides is 1. The molecule has 0 aromatic heterocycles. The lowest BCUT2D eigenvalue weighted by Gasteiger charge is -2.35. The van der Waals surface area contributed by atoms with E-state index in [1.165, 1.54) is 12.1 Å². The maximum atomic E-state index is 13.2. The van der Waals surface area contributed by atoms with Gasteiger partial charge in [0.2, 0.25) is 5.91 Å². The van der Waals surface area contributed by atoms with E-state index in [2.05, 4.69) is 5.32 Å². The summed E-state index contributed by atoms with van der Waals surface area (Å²) in [7, 11) is 0. The number of hydrogen-bond donors (Lipinski definition) is 1. The summed E-state index contributed by atoms with van der Waals surface area (Å²) in [5, 5.41) is 2.71. The van der Waals surface area contributed by atoms with Gasteiger partial charge in [-0.15, -0.1) is 0 Å². The van der Waals surface area contributed by atoms with E-state index in [4.69, 9.17) is 4.74 Å². The number of anilines is 1. The van der Waals surface area contributed by atoms with E-state index in [-0.39, 0.29) is 17.8 Å². The first-order chi connectivity index (χ1) is 11.0. The minimum atomic E-state index is -0.393. The SMILES string of the molecule is CCOC(=O)[C@@H]1CCCN([C@@H](C)C(=O)Nc2cccc(F)c2)C1. The topological polar surface area (TPSA) is 58.6 Å². The van der Waals surface area contributed by atoms with Crippen molar-refractivity contribution >= 4 is 17.6 Å². The van der Waals surface area contributed by atoms with Gasteiger partial charge in [0.1, 0.15) is 5.82 Å². The summed E-state index contributed by atoms with van der Waals surface area (Å²) in [5.41, 5.74) is 0.431. The van der Waals surface area contributed by atoms with Crippen molar-refractivity contribution in [3.8, 4) is 0 Å². The van der Waals surface area contributed by atoms with Crippen molar-refractivity contribution in [3.63, 3.8) is 0 Å². The summed E-state index contributed by atoms with van der Waals surface area (Å²) in [6.45, 7) is 5.21. The van der Waals surface area contributed by atoms with E-state index in [0.29, 0.717) is 18.8 Å². The van der Waals surface area contributed by atoms with Crippen molar-refractivity contribution in [1.29, 1.82) is 0 Å². The van der Waals surface area contributed by atoms with E-state index < -0.39 is 11.9 Å². The molecular formula is C17H23FN2O3. The molecule has 1 amide bonds. The van der Waals surface area contributed by atoms with Crippen LogP contribution in [0.5, 0.6) is 0 Å². The fourth-order valence-electron chi connectivity index (χ4n) is 2.79. The van der Waals surface area contributed by atoms with Crippen molar-refractivity contribution in [2.75, 3.05) is 25.0 Å². The van der Waals surface area contributed by atoms with Crippen LogP contribution in [0.1, 0.15) is 26.7 Å². The second-order valence-corrected chi connectivity index (χ2v) is 5.76. The summed E-state index contributed by atoms with van der Waals surface area (Å²) in [6.07, 6.45) is 1.63. The number of ether oxygens (including phenoxy) is 1. The van der Waals surface area contributed by atoms with Crippen molar-refractivity contribution in [1.82, 2.24) is 4.90 Å². The molecule has 1 aromatic rings. The molecule has 1 heterocycles. The molecule has 23 heavy (non-hydrogen) atoms. The van der Waals surface area contributed by atoms with Crippen molar-refractivity contribution in [2.24, 2.45) is 5.92 Å². The molecule has 6 heteroatoms. The highest BCUT2D eigenvalue weighted by Gasteiger charge is 2.31. The first kappa shape index (κ1) is 17.4. The number of carbonyl (C=O) groups is 2. The third kappa shape index (κ3) is 4.76. The lowest BCUT2D eigenvalue weighted by molar-refractivity contribution is -0.150. The molecule has 0 saturated carbocycles. The van der Waals surface area contributed by atoms with Crippen LogP contribution in [0.2, 0.25) is 0 Å². The normalized spacial score (nSPS) is 19.9. The number of hydrogen-bond acceptors (Lipinski definition) is 4. The van der Waals surface area contributed by atoms with E-state index in [1.807, 2.05) is 4.90 Å². The van der Waals surface area contributed by atoms with Crippen LogP contribution in [0.25, 0.3) is 0 Å². The fraction of sp³-hybridized carbons (Fsp3) is 0.529. The van der Waals surface area contributed by atoms with E-state index >= 15 is 0 Å². The van der Waals surface area contributed by atoms with Crippen molar-refractivity contribution in [2.45, 2.75) is 32.7 Å². The number of rotatable bonds is 5. The third-order valence-electron chi connectivity index (χ3n) is 4.09. The first-order valence-corrected chi connectivity index (χ1v) is 7.98. The Labute approximate surface area is 135 Å². The van der Waals surface area contributed by atoms with Crippen LogP contribution in [-0.4, -0.2) is 42.5 Å². The third-order valence-corrected chi connectivity index (χ3v) is 4.09. The number of benzene rings is 1. The molecule has 2 rings (SSSR count). The van der Waals surface area contributed by atoms with Crippen LogP contribution >= 0.6 is 0 Å². The first-order valence-electron chi connectivity index (χ1n) is 7.98. The minimum absolute atomic E-state index is 0.187. The van der Waals surface area contributed by atoms with Gasteiger partial charge in [-0.2, -0.15) is 0 Å². The maximum absolute atomic E-state index is 13.2. The average Bonchev–Trinajstić information content (AvgIpc) is 2.54. The quantitative estimate of drug-likeness (QED) is 0.846. The molecule has 1 aliphatic rings. The van der Waals surface area contributed by atoms with Crippen molar-refractivity contribution in [3.05, 3.63) is 30.1 Å². The van der Waals surface area contributed by atoms with Gasteiger partial charge in [0.25, 0.3) is 0 Å². The number of likely N-dealkylation sites (tertiary alicyclic amines) is 1. The van der Waals surface area contributed by atoms with Gasteiger partial charge in [0.15, 0.2) is 0 Å². The monoisotopic (exact) mass is 322 g/mol. The number of carbonyl (C=O) groups excluding carboxylic acids is 2. The second kappa shape index (κ2) is 8.06. The molecule has 126 valence electrons. The molecule has 1 saturated heterocycles. The Bertz CT molecular complexity index is 565. The van der Waals surface area contributed by atoms with Crippen LogP contribution in [0.4, 0.5) is 10.1 Å². The highest BCUT2D eigenvalue weighted by atomic mass is 19.1. The standard InChI is InChI=1S/C17H23FN2O3/c1-3-23-17(22)13-6-5-9-20(11-13)12(2)16(21)19-15-8-4-7-14(18)10-15/h4,7-8,10,12-13H,3,5-6,9,11H2,1-2H3,(H,19,21)/t12-,13+/m0/s1. The Morgan fingerprint density at radius 2 is 2.26 bits per heavy atom. The zero-order valence-corrected chi connectivity index (χ0v) is 13.5. The number of piperidine rings is 1. The number of halogens is 1. The number of esters is 1. The molecule has 1 aromatic carbocycles. The van der Waals surface area contributed by atoms with Gasteiger partial charge in [0, 0.05) is 12.2 Å². The minimum Gasteiger partial charge on any atom is -0.466 e. The number of nitrogens with one attached hydrogen (secondary N) is 1. The molecule has 0 unspecified atom stereocenters. The maximum Gasteiger partial charge on any atom is 0.310 e. The van der Waals surface area contributed by atoms with Crippen LogP contribution < -0.4 is 5.32 Å². The van der Waals surface area contributed by atoms with E-state index in [9.17, 15) is 14.0 Å². The Morgan fingerprint density at radius 1 is 1.48 bits per heavy atom. The summed E-state index contributed by atoms with van der Waals surface area (Å²) >= 11 is 0. The largest absolute Gasteiger partial charge is 0.466 e. The molecule has 0 bridgehead atoms. The second-order valence-electron chi connectivity index (χ2n) is 5.76.